The van der Waals surface area contributed by atoms with Gasteiger partial charge in [0.2, 0.25) is 0 Å². The van der Waals surface area contributed by atoms with Gasteiger partial charge < -0.3 is 0 Å². The average molecular weight is 395 g/mol. The van der Waals surface area contributed by atoms with Crippen molar-refractivity contribution in [2.24, 2.45) is 11.8 Å². The molecule has 1 rings (SSSR count). The third kappa shape index (κ3) is 9.76. The number of hydrogen-bond acceptors (Lipinski definition) is 6. The van der Waals surface area contributed by atoms with Gasteiger partial charge in [0.1, 0.15) is 0 Å². The first kappa shape index (κ1) is 22.7. The molecule has 1 heterocycles. The Kier molecular flexibility index (Phi) is 8.62. The van der Waals surface area contributed by atoms with Gasteiger partial charge in [0.05, 0.1) is 0 Å². The fourth-order valence-electron chi connectivity index (χ4n) is 2.09. The summed E-state index contributed by atoms with van der Waals surface area (Å²) in [6.45, 7) is 9.90. The monoisotopic (exact) mass is 395 g/mol. The number of pyridine rings is 1. The first-order valence-electron chi connectivity index (χ1n) is 8.40. The van der Waals surface area contributed by atoms with Gasteiger partial charge in [0, 0.05) is 0 Å². The molecule has 0 radical (unpaired) electrons. The van der Waals surface area contributed by atoms with E-state index in [0.29, 0.717) is 11.4 Å². The maximum atomic E-state index is 12.2. The van der Waals surface area contributed by atoms with Gasteiger partial charge in [-0.3, -0.25) is 0 Å². The number of nitrogens with zero attached hydrogens (tertiary/aromatic N) is 1. The molecule has 25 heavy (non-hydrogen) atoms. The van der Waals surface area contributed by atoms with Gasteiger partial charge in [-0.2, -0.15) is 0 Å². The van der Waals surface area contributed by atoms with E-state index in [1.54, 1.807) is 12.1 Å². The standard InChI is InChI=1S/C16H31NO6P2/c1-12(2)8-22-24(18,19)10-15-6-14(5)7-16(17-15)11-25(20,21)23-9-13(3)4/h6-7,12-13,18-19,24H,8-11H2,1-5H3,(H,20,21). The Bertz CT molecular complexity index is 606. The predicted molar refractivity (Wildman–Crippen MR) is 101 cm³/mol. The molecule has 0 amide bonds. The SMILES string of the molecule is Cc1cc(CP(=O)(O)OCC(C)C)nc(C[PH](O)(O)OCC(C)C)c1. The third-order valence-corrected chi connectivity index (χ3v) is 5.83. The van der Waals surface area contributed by atoms with Gasteiger partial charge >= 0.3 is 150 Å². The molecular weight excluding hydrogens is 364 g/mol. The minimum atomic E-state index is -3.87. The van der Waals surface area contributed by atoms with Gasteiger partial charge in [-0.1, -0.05) is 0 Å². The molecule has 146 valence electrons. The van der Waals surface area contributed by atoms with Crippen LogP contribution in [-0.2, 0) is 25.9 Å². The molecule has 1 aromatic heterocycles. The molecule has 1 aromatic rings. The van der Waals surface area contributed by atoms with Gasteiger partial charge in [-0.05, 0) is 0 Å². The molecule has 7 nitrogen and oxygen atoms in total. The van der Waals surface area contributed by atoms with Crippen molar-refractivity contribution in [2.45, 2.75) is 46.9 Å². The van der Waals surface area contributed by atoms with E-state index in [0.717, 1.165) is 5.56 Å². The van der Waals surface area contributed by atoms with Gasteiger partial charge in [-0.25, -0.2) is 0 Å². The van der Waals surface area contributed by atoms with Crippen molar-refractivity contribution >= 4 is 15.5 Å². The second-order valence-corrected chi connectivity index (χ2v) is 11.2. The van der Waals surface area contributed by atoms with Gasteiger partial charge in [-0.15, -0.1) is 0 Å². The summed E-state index contributed by atoms with van der Waals surface area (Å²) >= 11 is 0. The first-order valence-corrected chi connectivity index (χ1v) is 12.2. The molecular formula is C16H31NO6P2. The summed E-state index contributed by atoms with van der Waals surface area (Å²) in [6.07, 6.45) is -0.316. The Labute approximate surface area is 150 Å². The predicted octanol–water partition coefficient (Wildman–Crippen LogP) is 3.40. The van der Waals surface area contributed by atoms with Crippen molar-refractivity contribution in [1.29, 1.82) is 0 Å². The first-order chi connectivity index (χ1) is 11.4. The van der Waals surface area contributed by atoms with E-state index in [4.69, 9.17) is 9.05 Å². The summed E-state index contributed by atoms with van der Waals surface area (Å²) in [5.74, 6) is 0.334. The molecule has 3 N–H and O–H groups in total. The van der Waals surface area contributed by atoms with E-state index < -0.39 is 15.5 Å². The molecule has 1 unspecified atom stereocenters. The number of hydrogen-bond donors (Lipinski definition) is 3. The normalized spacial score (nSPS) is 15.6. The maximum absolute atomic E-state index is 12.2. The van der Waals surface area contributed by atoms with Crippen molar-refractivity contribution in [1.82, 2.24) is 4.98 Å². The van der Waals surface area contributed by atoms with Crippen LogP contribution in [0.5, 0.6) is 0 Å². The van der Waals surface area contributed by atoms with Crippen molar-refractivity contribution in [3.63, 3.8) is 0 Å². The van der Waals surface area contributed by atoms with Crippen molar-refractivity contribution < 1.29 is 28.3 Å². The molecule has 0 bridgehead atoms. The second kappa shape index (κ2) is 9.52. The zero-order valence-corrected chi connectivity index (χ0v) is 17.5. The van der Waals surface area contributed by atoms with Crippen LogP contribution in [0.15, 0.2) is 12.1 Å². The fourth-order valence-corrected chi connectivity index (χ4v) is 4.64. The third-order valence-electron chi connectivity index (χ3n) is 3.11. The minimum absolute atomic E-state index is 0.100. The molecule has 0 saturated heterocycles. The topological polar surface area (TPSA) is 109 Å². The summed E-state index contributed by atoms with van der Waals surface area (Å²) in [4.78, 5) is 34.4. The van der Waals surface area contributed by atoms with E-state index in [-0.39, 0.29) is 37.4 Å². The van der Waals surface area contributed by atoms with Crippen molar-refractivity contribution in [3.05, 3.63) is 29.1 Å². The summed E-state index contributed by atoms with van der Waals surface area (Å²) < 4.78 is 22.5. The van der Waals surface area contributed by atoms with Crippen LogP contribution in [0.3, 0.4) is 0 Å². The Morgan fingerprint density at radius 2 is 1.68 bits per heavy atom. The summed E-state index contributed by atoms with van der Waals surface area (Å²) in [5, 5.41) is 0. The zero-order chi connectivity index (χ0) is 19.3. The second-order valence-electron chi connectivity index (χ2n) is 7.24. The molecule has 0 saturated carbocycles. The summed E-state index contributed by atoms with van der Waals surface area (Å²) in [7, 11) is -7.66. The van der Waals surface area contributed by atoms with Gasteiger partial charge in [0.25, 0.3) is 0 Å². The van der Waals surface area contributed by atoms with Gasteiger partial charge in [0.15, 0.2) is 0 Å². The van der Waals surface area contributed by atoms with E-state index in [1.807, 2.05) is 34.6 Å². The van der Waals surface area contributed by atoms with E-state index in [9.17, 15) is 19.2 Å². The molecule has 0 fully saturated rings. The summed E-state index contributed by atoms with van der Waals surface area (Å²) in [5.41, 5.74) is 1.63. The quantitative estimate of drug-likeness (QED) is 0.521. The molecule has 0 aromatic carbocycles. The Hall–Kier alpha value is -0.390. The molecule has 1 atom stereocenters. The molecule has 9 heteroatoms. The molecule has 0 aliphatic carbocycles. The Morgan fingerprint density at radius 3 is 2.24 bits per heavy atom. The van der Waals surface area contributed by atoms with Crippen molar-refractivity contribution in [3.8, 4) is 0 Å². The average Bonchev–Trinajstić information content (AvgIpc) is 2.41. The van der Waals surface area contributed by atoms with E-state index >= 15 is 0 Å². The zero-order valence-electron chi connectivity index (χ0n) is 15.6. The molecule has 0 aliphatic heterocycles. The van der Waals surface area contributed by atoms with Crippen LogP contribution < -0.4 is 0 Å². The Morgan fingerprint density at radius 1 is 1.12 bits per heavy atom. The molecule has 0 spiro atoms. The Balaban J connectivity index is 2.83. The van der Waals surface area contributed by atoms with Crippen LogP contribution in [0.4, 0.5) is 0 Å². The van der Waals surface area contributed by atoms with Crippen LogP contribution in [0.1, 0.15) is 44.6 Å². The number of aryl methyl sites for hydroxylation is 1. The van der Waals surface area contributed by atoms with Crippen LogP contribution in [0, 0.1) is 18.8 Å². The van der Waals surface area contributed by atoms with Crippen LogP contribution in [0.2, 0.25) is 0 Å². The van der Waals surface area contributed by atoms with Crippen LogP contribution in [0.25, 0.3) is 0 Å². The number of aromatic nitrogens is 1. The molecule has 0 aliphatic rings. The van der Waals surface area contributed by atoms with E-state index in [2.05, 4.69) is 4.98 Å². The van der Waals surface area contributed by atoms with E-state index in [1.165, 1.54) is 0 Å². The summed E-state index contributed by atoms with van der Waals surface area (Å²) in [6, 6.07) is 3.41. The van der Waals surface area contributed by atoms with Crippen LogP contribution in [-0.4, -0.2) is 32.9 Å². The van der Waals surface area contributed by atoms with Crippen molar-refractivity contribution in [2.75, 3.05) is 13.2 Å². The number of rotatable bonds is 10. The fraction of sp³-hybridized carbons (Fsp3) is 0.688. The van der Waals surface area contributed by atoms with Crippen LogP contribution >= 0.6 is 15.5 Å².